The second-order valence-corrected chi connectivity index (χ2v) is 4.27. The van der Waals surface area contributed by atoms with Crippen LogP contribution >= 0.6 is 0 Å². The second-order valence-electron chi connectivity index (χ2n) is 4.27. The second kappa shape index (κ2) is 3.91. The monoisotopic (exact) mass is 265 g/mol. The molecule has 3 aromatic rings. The number of para-hydroxylation sites is 1. The van der Waals surface area contributed by atoms with Crippen molar-refractivity contribution in [2.45, 2.75) is 6.18 Å². The summed E-state index contributed by atoms with van der Waals surface area (Å²) in [5.74, 6) is 0.613. The molecule has 19 heavy (non-hydrogen) atoms. The molecule has 2 aromatic carbocycles. The van der Waals surface area contributed by atoms with Gasteiger partial charge in [0.25, 0.3) is 0 Å². The number of alkyl halides is 3. The lowest BCUT2D eigenvalue weighted by Gasteiger charge is -2.05. The van der Waals surface area contributed by atoms with Crippen LogP contribution < -0.4 is 4.74 Å². The molecule has 0 saturated carbocycles. The van der Waals surface area contributed by atoms with Crippen molar-refractivity contribution in [1.82, 2.24) is 4.98 Å². The summed E-state index contributed by atoms with van der Waals surface area (Å²) in [4.78, 5) is 2.99. The summed E-state index contributed by atoms with van der Waals surface area (Å²) in [6.45, 7) is 0. The van der Waals surface area contributed by atoms with Crippen LogP contribution in [-0.2, 0) is 6.18 Å². The smallest absolute Gasteiger partial charge is 0.416 e. The maximum Gasteiger partial charge on any atom is 0.416 e. The number of aromatic nitrogens is 1. The Morgan fingerprint density at radius 3 is 2.53 bits per heavy atom. The van der Waals surface area contributed by atoms with Gasteiger partial charge >= 0.3 is 6.18 Å². The molecule has 0 aliphatic heterocycles. The molecule has 2 nitrogen and oxygen atoms in total. The average Bonchev–Trinajstić information content (AvgIpc) is 2.75. The number of fused-ring (bicyclic) bond motifs is 3. The van der Waals surface area contributed by atoms with E-state index in [-0.39, 0.29) is 0 Å². The number of nitrogens with one attached hydrogen (secondary N) is 1. The third-order valence-corrected chi connectivity index (χ3v) is 3.14. The Morgan fingerprint density at radius 1 is 1.05 bits per heavy atom. The van der Waals surface area contributed by atoms with Crippen molar-refractivity contribution in [1.29, 1.82) is 0 Å². The normalized spacial score (nSPS) is 12.2. The van der Waals surface area contributed by atoms with Gasteiger partial charge in [0.15, 0.2) is 0 Å². The van der Waals surface area contributed by atoms with Crippen molar-refractivity contribution < 1.29 is 17.9 Å². The van der Waals surface area contributed by atoms with Gasteiger partial charge < -0.3 is 9.72 Å². The molecule has 5 heteroatoms. The van der Waals surface area contributed by atoms with E-state index in [1.165, 1.54) is 13.2 Å². The fourth-order valence-corrected chi connectivity index (χ4v) is 2.25. The summed E-state index contributed by atoms with van der Waals surface area (Å²) in [7, 11) is 1.53. The van der Waals surface area contributed by atoms with Crippen LogP contribution in [0.3, 0.4) is 0 Å². The maximum absolute atomic E-state index is 12.7. The quantitative estimate of drug-likeness (QED) is 0.695. The van der Waals surface area contributed by atoms with Crippen LogP contribution in [0.2, 0.25) is 0 Å². The molecular weight excluding hydrogens is 255 g/mol. The molecule has 0 aliphatic rings. The van der Waals surface area contributed by atoms with E-state index in [1.807, 2.05) is 12.1 Å². The third kappa shape index (κ3) is 1.82. The van der Waals surface area contributed by atoms with E-state index >= 15 is 0 Å². The Morgan fingerprint density at radius 2 is 1.84 bits per heavy atom. The van der Waals surface area contributed by atoms with Crippen molar-refractivity contribution in [3.05, 3.63) is 42.0 Å². The highest BCUT2D eigenvalue weighted by atomic mass is 19.4. The zero-order valence-electron chi connectivity index (χ0n) is 10.0. The molecule has 0 bridgehead atoms. The fraction of sp³-hybridized carbons (Fsp3) is 0.143. The number of hydrogen-bond donors (Lipinski definition) is 1. The van der Waals surface area contributed by atoms with E-state index < -0.39 is 11.7 Å². The number of aromatic amines is 1. The first-order chi connectivity index (χ1) is 9.00. The molecule has 0 spiro atoms. The SMILES string of the molecule is COc1cccc2c1[nH]c1cc(C(F)(F)F)ccc12. The van der Waals surface area contributed by atoms with Crippen molar-refractivity contribution in [3.63, 3.8) is 0 Å². The third-order valence-electron chi connectivity index (χ3n) is 3.14. The Labute approximate surface area is 106 Å². The van der Waals surface area contributed by atoms with Gasteiger partial charge in [0.1, 0.15) is 5.75 Å². The van der Waals surface area contributed by atoms with Crippen LogP contribution in [0.25, 0.3) is 21.8 Å². The van der Waals surface area contributed by atoms with Gasteiger partial charge in [-0.05, 0) is 18.2 Å². The summed E-state index contributed by atoms with van der Waals surface area (Å²) in [5.41, 5.74) is 0.499. The molecule has 3 rings (SSSR count). The van der Waals surface area contributed by atoms with E-state index in [9.17, 15) is 13.2 Å². The van der Waals surface area contributed by atoms with Gasteiger partial charge in [0, 0.05) is 16.3 Å². The molecule has 1 N–H and O–H groups in total. The number of H-pyrrole nitrogens is 1. The van der Waals surface area contributed by atoms with E-state index in [2.05, 4.69) is 4.98 Å². The first-order valence-electron chi connectivity index (χ1n) is 5.66. The number of rotatable bonds is 1. The van der Waals surface area contributed by atoms with Crippen LogP contribution in [0.4, 0.5) is 13.2 Å². The molecule has 0 aliphatic carbocycles. The zero-order valence-corrected chi connectivity index (χ0v) is 10.0. The van der Waals surface area contributed by atoms with Crippen LogP contribution in [-0.4, -0.2) is 12.1 Å². The van der Waals surface area contributed by atoms with Crippen molar-refractivity contribution in [3.8, 4) is 5.75 Å². The number of ether oxygens (including phenoxy) is 1. The average molecular weight is 265 g/mol. The molecule has 0 unspecified atom stereocenters. The summed E-state index contributed by atoms with van der Waals surface area (Å²) in [5, 5.41) is 1.60. The lowest BCUT2D eigenvalue weighted by molar-refractivity contribution is -0.137. The Kier molecular flexibility index (Phi) is 2.45. The molecule has 0 radical (unpaired) electrons. The minimum absolute atomic E-state index is 0.453. The first kappa shape index (κ1) is 11.9. The van der Waals surface area contributed by atoms with Crippen molar-refractivity contribution in [2.24, 2.45) is 0 Å². The van der Waals surface area contributed by atoms with Gasteiger partial charge in [-0.3, -0.25) is 0 Å². The highest BCUT2D eigenvalue weighted by Crippen LogP contribution is 2.35. The number of halogens is 3. The number of methoxy groups -OCH3 is 1. The molecule has 0 saturated heterocycles. The molecule has 98 valence electrons. The van der Waals surface area contributed by atoms with Crippen LogP contribution in [0.15, 0.2) is 36.4 Å². The fourth-order valence-electron chi connectivity index (χ4n) is 2.25. The molecule has 0 amide bonds. The van der Waals surface area contributed by atoms with Gasteiger partial charge in [-0.1, -0.05) is 18.2 Å². The lowest BCUT2D eigenvalue weighted by Crippen LogP contribution is -2.03. The van der Waals surface area contributed by atoms with Gasteiger partial charge in [-0.25, -0.2) is 0 Å². The van der Waals surface area contributed by atoms with Gasteiger partial charge in [0.2, 0.25) is 0 Å². The van der Waals surface area contributed by atoms with Crippen molar-refractivity contribution >= 4 is 21.8 Å². The molecule has 1 aromatic heterocycles. The Hall–Kier alpha value is -2.17. The summed E-state index contributed by atoms with van der Waals surface area (Å²) in [6.07, 6.45) is -4.34. The molecular formula is C14H10F3NO. The molecule has 0 atom stereocenters. The minimum atomic E-state index is -4.34. The van der Waals surface area contributed by atoms with Crippen molar-refractivity contribution in [2.75, 3.05) is 7.11 Å². The Bertz CT molecular complexity index is 758. The molecule has 0 fully saturated rings. The van der Waals surface area contributed by atoms with E-state index in [0.29, 0.717) is 16.8 Å². The number of hydrogen-bond acceptors (Lipinski definition) is 1. The zero-order chi connectivity index (χ0) is 13.6. The maximum atomic E-state index is 12.7. The standard InChI is InChI=1S/C14H10F3NO/c1-19-12-4-2-3-10-9-6-5-8(14(15,16)17)7-11(9)18-13(10)12/h2-7,18H,1H3. The first-order valence-corrected chi connectivity index (χ1v) is 5.66. The van der Waals surface area contributed by atoms with E-state index in [1.54, 1.807) is 6.07 Å². The largest absolute Gasteiger partial charge is 0.495 e. The number of benzene rings is 2. The van der Waals surface area contributed by atoms with Gasteiger partial charge in [-0.15, -0.1) is 0 Å². The summed E-state index contributed by atoms with van der Waals surface area (Å²) < 4.78 is 43.2. The van der Waals surface area contributed by atoms with Gasteiger partial charge in [0.05, 0.1) is 18.2 Å². The molecule has 1 heterocycles. The Balaban J connectivity index is 2.34. The topological polar surface area (TPSA) is 25.0 Å². The predicted molar refractivity (Wildman–Crippen MR) is 67.4 cm³/mol. The highest BCUT2D eigenvalue weighted by Gasteiger charge is 2.30. The van der Waals surface area contributed by atoms with Crippen LogP contribution in [0.5, 0.6) is 5.75 Å². The van der Waals surface area contributed by atoms with E-state index in [0.717, 1.165) is 22.9 Å². The summed E-state index contributed by atoms with van der Waals surface area (Å²) >= 11 is 0. The van der Waals surface area contributed by atoms with Crippen LogP contribution in [0, 0.1) is 0 Å². The van der Waals surface area contributed by atoms with E-state index in [4.69, 9.17) is 4.74 Å². The predicted octanol–water partition coefficient (Wildman–Crippen LogP) is 4.35. The van der Waals surface area contributed by atoms with Gasteiger partial charge in [-0.2, -0.15) is 13.2 Å². The van der Waals surface area contributed by atoms with Crippen LogP contribution in [0.1, 0.15) is 5.56 Å². The minimum Gasteiger partial charge on any atom is -0.495 e. The summed E-state index contributed by atoms with van der Waals surface area (Å²) in [6, 6.07) is 9.12. The highest BCUT2D eigenvalue weighted by molar-refractivity contribution is 6.09. The lowest BCUT2D eigenvalue weighted by atomic mass is 10.1.